The van der Waals surface area contributed by atoms with Crippen LogP contribution in [0.3, 0.4) is 0 Å². The molecular weight excluding hydrogens is 198 g/mol. The van der Waals surface area contributed by atoms with Gasteiger partial charge in [-0.05, 0) is 18.4 Å². The number of rotatable bonds is 4. The molecule has 0 unspecified atom stereocenters. The third-order valence-corrected chi connectivity index (χ3v) is 4.18. The van der Waals surface area contributed by atoms with E-state index >= 15 is 0 Å². The first-order valence-corrected chi connectivity index (χ1v) is 6.25. The van der Waals surface area contributed by atoms with Gasteiger partial charge in [-0.25, -0.2) is 13.1 Å². The Bertz CT molecular complexity index is 395. The molecule has 1 aliphatic rings. The summed E-state index contributed by atoms with van der Waals surface area (Å²) in [4.78, 5) is 0. The van der Waals surface area contributed by atoms with Crippen LogP contribution in [-0.2, 0) is 16.6 Å². The maximum Gasteiger partial charge on any atom is 0.214 e. The molecule has 1 fully saturated rings. The first-order chi connectivity index (χ1) is 6.68. The molecule has 0 aromatic heterocycles. The van der Waals surface area contributed by atoms with E-state index in [0.717, 1.165) is 18.4 Å². The predicted molar refractivity (Wildman–Crippen MR) is 55.2 cm³/mol. The quantitative estimate of drug-likeness (QED) is 0.815. The molecule has 0 radical (unpaired) electrons. The topological polar surface area (TPSA) is 46.2 Å². The molecule has 4 heteroatoms. The van der Waals surface area contributed by atoms with Gasteiger partial charge in [0.05, 0.1) is 5.25 Å². The Hall–Kier alpha value is -0.870. The summed E-state index contributed by atoms with van der Waals surface area (Å²) >= 11 is 0. The van der Waals surface area contributed by atoms with Crippen molar-refractivity contribution in [3.63, 3.8) is 0 Å². The lowest BCUT2D eigenvalue weighted by molar-refractivity contribution is 0.580. The van der Waals surface area contributed by atoms with Gasteiger partial charge in [0, 0.05) is 6.54 Å². The molecule has 0 bridgehead atoms. The van der Waals surface area contributed by atoms with Crippen LogP contribution in [0.2, 0.25) is 0 Å². The number of hydrogen-bond donors (Lipinski definition) is 1. The van der Waals surface area contributed by atoms with E-state index < -0.39 is 10.0 Å². The van der Waals surface area contributed by atoms with Crippen LogP contribution in [0.4, 0.5) is 0 Å². The first-order valence-electron chi connectivity index (χ1n) is 4.71. The average Bonchev–Trinajstić information content (AvgIpc) is 3.00. The van der Waals surface area contributed by atoms with Crippen molar-refractivity contribution in [1.82, 2.24) is 4.72 Å². The van der Waals surface area contributed by atoms with Gasteiger partial charge in [0.15, 0.2) is 0 Å². The Morgan fingerprint density at radius 2 is 1.86 bits per heavy atom. The first kappa shape index (κ1) is 9.68. The van der Waals surface area contributed by atoms with Crippen LogP contribution in [-0.4, -0.2) is 13.7 Å². The van der Waals surface area contributed by atoms with E-state index in [1.807, 2.05) is 30.3 Å². The molecule has 0 aliphatic heterocycles. The second-order valence-electron chi connectivity index (χ2n) is 3.55. The standard InChI is InChI=1S/C10H13NO2S/c12-14(13,10-6-7-10)11-8-9-4-2-1-3-5-9/h1-5,10-11H,6-8H2. The van der Waals surface area contributed by atoms with E-state index in [1.54, 1.807) is 0 Å². The summed E-state index contributed by atoms with van der Waals surface area (Å²) in [5.74, 6) is 0. The van der Waals surface area contributed by atoms with Gasteiger partial charge in [-0.2, -0.15) is 0 Å². The normalized spacial score (nSPS) is 16.9. The molecule has 2 rings (SSSR count). The van der Waals surface area contributed by atoms with Crippen LogP contribution in [0, 0.1) is 0 Å². The molecule has 1 aromatic rings. The van der Waals surface area contributed by atoms with Gasteiger partial charge < -0.3 is 0 Å². The highest BCUT2D eigenvalue weighted by molar-refractivity contribution is 7.90. The molecule has 14 heavy (non-hydrogen) atoms. The van der Waals surface area contributed by atoms with Crippen LogP contribution in [0.5, 0.6) is 0 Å². The number of benzene rings is 1. The van der Waals surface area contributed by atoms with Crippen molar-refractivity contribution in [1.29, 1.82) is 0 Å². The summed E-state index contributed by atoms with van der Waals surface area (Å²) in [6.45, 7) is 0.402. The summed E-state index contributed by atoms with van der Waals surface area (Å²) in [5, 5.41) is -0.133. The van der Waals surface area contributed by atoms with E-state index in [4.69, 9.17) is 0 Å². The van der Waals surface area contributed by atoms with Crippen molar-refractivity contribution >= 4 is 10.0 Å². The minimum Gasteiger partial charge on any atom is -0.212 e. The Labute approximate surface area is 84.2 Å². The van der Waals surface area contributed by atoms with Gasteiger partial charge >= 0.3 is 0 Å². The summed E-state index contributed by atoms with van der Waals surface area (Å²) in [6, 6.07) is 9.55. The molecule has 0 spiro atoms. The van der Waals surface area contributed by atoms with Crippen LogP contribution < -0.4 is 4.72 Å². The summed E-state index contributed by atoms with van der Waals surface area (Å²) < 4.78 is 25.5. The zero-order chi connectivity index (χ0) is 10.0. The maximum atomic E-state index is 11.5. The van der Waals surface area contributed by atoms with Crippen LogP contribution in [0.1, 0.15) is 18.4 Å². The smallest absolute Gasteiger partial charge is 0.212 e. The third-order valence-electron chi connectivity index (χ3n) is 2.28. The number of sulfonamides is 1. The highest BCUT2D eigenvalue weighted by atomic mass is 32.2. The minimum absolute atomic E-state index is 0.133. The second kappa shape index (κ2) is 3.71. The van der Waals surface area contributed by atoms with Crippen molar-refractivity contribution in [2.75, 3.05) is 0 Å². The van der Waals surface area contributed by atoms with E-state index in [9.17, 15) is 8.42 Å². The molecule has 0 heterocycles. The SMILES string of the molecule is O=S(=O)(NCc1ccccc1)C1CC1. The molecule has 0 saturated heterocycles. The zero-order valence-corrected chi connectivity index (χ0v) is 8.63. The lowest BCUT2D eigenvalue weighted by Gasteiger charge is -2.04. The van der Waals surface area contributed by atoms with Crippen molar-refractivity contribution < 1.29 is 8.42 Å². The van der Waals surface area contributed by atoms with Gasteiger partial charge in [0.25, 0.3) is 0 Å². The van der Waals surface area contributed by atoms with Gasteiger partial charge in [-0.3, -0.25) is 0 Å². The molecule has 1 N–H and O–H groups in total. The molecule has 3 nitrogen and oxygen atoms in total. The van der Waals surface area contributed by atoms with Crippen LogP contribution >= 0.6 is 0 Å². The molecule has 0 amide bonds. The Morgan fingerprint density at radius 1 is 1.21 bits per heavy atom. The van der Waals surface area contributed by atoms with Crippen LogP contribution in [0.15, 0.2) is 30.3 Å². The fourth-order valence-electron chi connectivity index (χ4n) is 1.28. The highest BCUT2D eigenvalue weighted by Gasteiger charge is 2.35. The largest absolute Gasteiger partial charge is 0.214 e. The molecular formula is C10H13NO2S. The molecule has 1 aromatic carbocycles. The number of nitrogens with one attached hydrogen (secondary N) is 1. The summed E-state index contributed by atoms with van der Waals surface area (Å²) in [5.41, 5.74) is 0.997. The summed E-state index contributed by atoms with van der Waals surface area (Å²) in [7, 11) is -3.04. The molecule has 0 atom stereocenters. The lowest BCUT2D eigenvalue weighted by Crippen LogP contribution is -2.26. The van der Waals surface area contributed by atoms with Crippen molar-refractivity contribution in [2.24, 2.45) is 0 Å². The molecule has 1 saturated carbocycles. The third kappa shape index (κ3) is 2.33. The monoisotopic (exact) mass is 211 g/mol. The van der Waals surface area contributed by atoms with Crippen LogP contribution in [0.25, 0.3) is 0 Å². The number of hydrogen-bond acceptors (Lipinski definition) is 2. The van der Waals surface area contributed by atoms with Crippen molar-refractivity contribution in [3.05, 3.63) is 35.9 Å². The fraction of sp³-hybridized carbons (Fsp3) is 0.400. The minimum atomic E-state index is -3.04. The van der Waals surface area contributed by atoms with E-state index in [2.05, 4.69) is 4.72 Å². The van der Waals surface area contributed by atoms with E-state index in [-0.39, 0.29) is 5.25 Å². The highest BCUT2D eigenvalue weighted by Crippen LogP contribution is 2.27. The fourth-order valence-corrected chi connectivity index (χ4v) is 2.64. The molecule has 76 valence electrons. The predicted octanol–water partition coefficient (Wildman–Crippen LogP) is 1.27. The molecule has 1 aliphatic carbocycles. The Morgan fingerprint density at radius 3 is 2.43 bits per heavy atom. The van der Waals surface area contributed by atoms with Crippen molar-refractivity contribution in [2.45, 2.75) is 24.6 Å². The van der Waals surface area contributed by atoms with Gasteiger partial charge in [-0.15, -0.1) is 0 Å². The average molecular weight is 211 g/mol. The Kier molecular flexibility index (Phi) is 2.56. The maximum absolute atomic E-state index is 11.5. The lowest BCUT2D eigenvalue weighted by atomic mass is 10.2. The summed E-state index contributed by atoms with van der Waals surface area (Å²) in [6.07, 6.45) is 1.62. The Balaban J connectivity index is 1.94. The van der Waals surface area contributed by atoms with Gasteiger partial charge in [0.2, 0.25) is 10.0 Å². The van der Waals surface area contributed by atoms with Gasteiger partial charge in [0.1, 0.15) is 0 Å². The van der Waals surface area contributed by atoms with E-state index in [1.165, 1.54) is 0 Å². The van der Waals surface area contributed by atoms with Gasteiger partial charge in [-0.1, -0.05) is 30.3 Å². The zero-order valence-electron chi connectivity index (χ0n) is 7.81. The van der Waals surface area contributed by atoms with Crippen molar-refractivity contribution in [3.8, 4) is 0 Å². The van der Waals surface area contributed by atoms with E-state index in [0.29, 0.717) is 6.54 Å². The second-order valence-corrected chi connectivity index (χ2v) is 5.60.